The second-order valence-corrected chi connectivity index (χ2v) is 5.54. The largest absolute Gasteiger partial charge is 0.271 e. The molecular weight excluding hydrogens is 292 g/mol. The van der Waals surface area contributed by atoms with Gasteiger partial charge in [0.2, 0.25) is 0 Å². The highest BCUT2D eigenvalue weighted by Gasteiger charge is 2.11. The van der Waals surface area contributed by atoms with Crippen molar-refractivity contribution < 1.29 is 4.79 Å². The summed E-state index contributed by atoms with van der Waals surface area (Å²) >= 11 is 3.34. The van der Waals surface area contributed by atoms with Gasteiger partial charge in [0.1, 0.15) is 0 Å². The first-order chi connectivity index (χ1) is 8.75. The van der Waals surface area contributed by atoms with Crippen LogP contribution in [0.4, 0.5) is 0 Å². The minimum absolute atomic E-state index is 0.158. The lowest BCUT2D eigenvalue weighted by atomic mass is 9.90. The minimum atomic E-state index is -0.158. The summed E-state index contributed by atoms with van der Waals surface area (Å²) in [5.41, 5.74) is 3.20. The number of carbonyl (C=O) groups excluding carboxylic acids is 1. The Morgan fingerprint density at radius 1 is 1.22 bits per heavy atom. The van der Waals surface area contributed by atoms with Crippen molar-refractivity contribution in [3.05, 3.63) is 34.3 Å². The fraction of sp³-hybridized carbons (Fsp3) is 0.429. The summed E-state index contributed by atoms with van der Waals surface area (Å²) in [6, 6.07) is 7.24. The zero-order valence-electron chi connectivity index (χ0n) is 10.2. The van der Waals surface area contributed by atoms with Gasteiger partial charge in [0.05, 0.1) is 0 Å². The third-order valence-corrected chi connectivity index (χ3v) is 3.74. The summed E-state index contributed by atoms with van der Waals surface area (Å²) in [5, 5.41) is 4.06. The molecule has 1 aromatic carbocycles. The molecule has 0 unspecified atom stereocenters. The molecule has 2 rings (SSSR count). The smallest absolute Gasteiger partial charge is 0.267 e. The van der Waals surface area contributed by atoms with Crippen LogP contribution in [-0.2, 0) is 0 Å². The van der Waals surface area contributed by atoms with Crippen LogP contribution >= 0.6 is 15.9 Å². The molecule has 0 bridgehead atoms. The minimum Gasteiger partial charge on any atom is -0.267 e. The summed E-state index contributed by atoms with van der Waals surface area (Å²) in [6.07, 6.45) is 8.15. The molecule has 1 aliphatic rings. The average molecular weight is 309 g/mol. The highest BCUT2D eigenvalue weighted by molar-refractivity contribution is 9.10. The topological polar surface area (TPSA) is 41.5 Å². The van der Waals surface area contributed by atoms with E-state index >= 15 is 0 Å². The van der Waals surface area contributed by atoms with E-state index in [-0.39, 0.29) is 5.91 Å². The Labute approximate surface area is 116 Å². The Bertz CT molecular complexity index is 422. The SMILES string of the molecule is O=C(N/N=C/C1CCCCC1)c1ccc(Br)cc1. The molecule has 1 saturated carbocycles. The Balaban J connectivity index is 1.83. The van der Waals surface area contributed by atoms with Crippen LogP contribution in [0.1, 0.15) is 42.5 Å². The molecule has 96 valence electrons. The molecule has 0 radical (unpaired) electrons. The van der Waals surface area contributed by atoms with Crippen molar-refractivity contribution in [3.63, 3.8) is 0 Å². The van der Waals surface area contributed by atoms with E-state index in [0.29, 0.717) is 11.5 Å². The van der Waals surface area contributed by atoms with Crippen molar-refractivity contribution in [1.29, 1.82) is 0 Å². The molecule has 1 aliphatic carbocycles. The maximum atomic E-state index is 11.8. The van der Waals surface area contributed by atoms with Crippen molar-refractivity contribution in [3.8, 4) is 0 Å². The van der Waals surface area contributed by atoms with E-state index in [2.05, 4.69) is 26.5 Å². The van der Waals surface area contributed by atoms with Gasteiger partial charge in [-0.1, -0.05) is 35.2 Å². The molecule has 1 N–H and O–H groups in total. The molecule has 0 aromatic heterocycles. The zero-order chi connectivity index (χ0) is 12.8. The van der Waals surface area contributed by atoms with Gasteiger partial charge < -0.3 is 0 Å². The van der Waals surface area contributed by atoms with E-state index in [9.17, 15) is 4.79 Å². The predicted molar refractivity (Wildman–Crippen MR) is 76.7 cm³/mol. The van der Waals surface area contributed by atoms with Crippen molar-refractivity contribution in [2.45, 2.75) is 32.1 Å². The van der Waals surface area contributed by atoms with Gasteiger partial charge in [-0.3, -0.25) is 4.79 Å². The van der Waals surface area contributed by atoms with Gasteiger partial charge in [-0.25, -0.2) is 5.43 Å². The second-order valence-electron chi connectivity index (χ2n) is 4.62. The van der Waals surface area contributed by atoms with E-state index < -0.39 is 0 Å². The third kappa shape index (κ3) is 3.95. The number of nitrogens with zero attached hydrogens (tertiary/aromatic N) is 1. The van der Waals surface area contributed by atoms with Gasteiger partial charge in [0.15, 0.2) is 0 Å². The van der Waals surface area contributed by atoms with Crippen LogP contribution in [0.2, 0.25) is 0 Å². The maximum absolute atomic E-state index is 11.8. The van der Waals surface area contributed by atoms with Gasteiger partial charge >= 0.3 is 0 Å². The molecule has 0 heterocycles. The summed E-state index contributed by atoms with van der Waals surface area (Å²) in [4.78, 5) is 11.8. The normalized spacial score (nSPS) is 16.9. The molecule has 0 aliphatic heterocycles. The number of hydrogen-bond donors (Lipinski definition) is 1. The molecule has 0 saturated heterocycles. The van der Waals surface area contributed by atoms with Crippen molar-refractivity contribution >= 4 is 28.1 Å². The zero-order valence-corrected chi connectivity index (χ0v) is 11.8. The molecule has 1 aromatic rings. The quantitative estimate of drug-likeness (QED) is 0.670. The van der Waals surface area contributed by atoms with Crippen LogP contribution in [0.25, 0.3) is 0 Å². The molecule has 1 amide bonds. The lowest BCUT2D eigenvalue weighted by Gasteiger charge is -2.16. The molecular formula is C14H17BrN2O. The first-order valence-electron chi connectivity index (χ1n) is 6.35. The lowest BCUT2D eigenvalue weighted by molar-refractivity contribution is 0.0955. The number of halogens is 1. The number of benzene rings is 1. The molecule has 0 spiro atoms. The van der Waals surface area contributed by atoms with Crippen LogP contribution < -0.4 is 5.43 Å². The standard InChI is InChI=1S/C14H17BrN2O/c15-13-8-6-12(7-9-13)14(18)17-16-10-11-4-2-1-3-5-11/h6-11H,1-5H2,(H,17,18)/b16-10+. The fourth-order valence-electron chi connectivity index (χ4n) is 2.15. The van der Waals surface area contributed by atoms with E-state index in [4.69, 9.17) is 0 Å². The van der Waals surface area contributed by atoms with Gasteiger partial charge in [0.25, 0.3) is 5.91 Å². The highest BCUT2D eigenvalue weighted by Crippen LogP contribution is 2.21. The molecule has 4 heteroatoms. The van der Waals surface area contributed by atoms with Gasteiger partial charge in [0, 0.05) is 16.3 Å². The van der Waals surface area contributed by atoms with Crippen molar-refractivity contribution in [1.82, 2.24) is 5.43 Å². The summed E-state index contributed by atoms with van der Waals surface area (Å²) in [5.74, 6) is 0.374. The van der Waals surface area contributed by atoms with E-state index in [1.54, 1.807) is 12.1 Å². The molecule has 0 atom stereocenters. The number of carbonyl (C=O) groups is 1. The number of hydrazone groups is 1. The molecule has 3 nitrogen and oxygen atoms in total. The maximum Gasteiger partial charge on any atom is 0.271 e. The monoisotopic (exact) mass is 308 g/mol. The third-order valence-electron chi connectivity index (χ3n) is 3.21. The lowest BCUT2D eigenvalue weighted by Crippen LogP contribution is -2.19. The van der Waals surface area contributed by atoms with Crippen LogP contribution in [0.3, 0.4) is 0 Å². The number of rotatable bonds is 3. The Hall–Kier alpha value is -1.16. The number of nitrogens with one attached hydrogen (secondary N) is 1. The second kappa shape index (κ2) is 6.69. The molecule has 18 heavy (non-hydrogen) atoms. The predicted octanol–water partition coefficient (Wildman–Crippen LogP) is 3.75. The van der Waals surface area contributed by atoms with E-state index in [1.807, 2.05) is 18.3 Å². The van der Waals surface area contributed by atoms with Gasteiger partial charge in [-0.15, -0.1) is 0 Å². The first-order valence-corrected chi connectivity index (χ1v) is 7.14. The van der Waals surface area contributed by atoms with Crippen LogP contribution in [0.15, 0.2) is 33.8 Å². The van der Waals surface area contributed by atoms with Crippen LogP contribution in [0, 0.1) is 5.92 Å². The number of amides is 1. The van der Waals surface area contributed by atoms with Crippen molar-refractivity contribution in [2.75, 3.05) is 0 Å². The first kappa shape index (κ1) is 13.3. The van der Waals surface area contributed by atoms with Crippen LogP contribution in [-0.4, -0.2) is 12.1 Å². The van der Waals surface area contributed by atoms with Gasteiger partial charge in [-0.2, -0.15) is 5.10 Å². The van der Waals surface area contributed by atoms with Crippen molar-refractivity contribution in [2.24, 2.45) is 11.0 Å². The summed E-state index contributed by atoms with van der Waals surface area (Å²) in [6.45, 7) is 0. The summed E-state index contributed by atoms with van der Waals surface area (Å²) < 4.78 is 0.963. The Morgan fingerprint density at radius 2 is 1.89 bits per heavy atom. The fourth-order valence-corrected chi connectivity index (χ4v) is 2.41. The Morgan fingerprint density at radius 3 is 2.56 bits per heavy atom. The van der Waals surface area contributed by atoms with Crippen LogP contribution in [0.5, 0.6) is 0 Å². The highest BCUT2D eigenvalue weighted by atomic mass is 79.9. The van der Waals surface area contributed by atoms with E-state index in [1.165, 1.54) is 32.1 Å². The number of hydrogen-bond acceptors (Lipinski definition) is 2. The summed E-state index contributed by atoms with van der Waals surface area (Å²) in [7, 11) is 0. The molecule has 1 fully saturated rings. The van der Waals surface area contributed by atoms with Gasteiger partial charge in [-0.05, 0) is 43.0 Å². The Kier molecular flexibility index (Phi) is 4.93. The van der Waals surface area contributed by atoms with E-state index in [0.717, 1.165) is 4.47 Å². The average Bonchev–Trinajstić information content (AvgIpc) is 2.40.